The number of thiophene rings is 1. The van der Waals surface area contributed by atoms with E-state index in [0.29, 0.717) is 10.4 Å². The maximum absolute atomic E-state index is 14.8. The highest BCUT2D eigenvalue weighted by atomic mass is 35.5. The van der Waals surface area contributed by atoms with Crippen molar-refractivity contribution in [2.24, 2.45) is 0 Å². The zero-order valence-corrected chi connectivity index (χ0v) is 19.8. The molecule has 0 aliphatic rings. The number of hydrogen-bond acceptors (Lipinski definition) is 4. The van der Waals surface area contributed by atoms with Crippen LogP contribution in [-0.4, -0.2) is 4.98 Å². The lowest BCUT2D eigenvalue weighted by molar-refractivity contribution is 0.641. The molecule has 0 saturated carbocycles. The third-order valence-corrected chi connectivity index (χ3v) is 7.73. The molecule has 0 aliphatic heterocycles. The Morgan fingerprint density at radius 1 is 0.743 bits per heavy atom. The van der Waals surface area contributed by atoms with Crippen LogP contribution < -0.4 is 4.90 Å². The number of rotatable bonds is 3. The minimum Gasteiger partial charge on any atom is -0.456 e. The van der Waals surface area contributed by atoms with Crippen molar-refractivity contribution in [1.29, 1.82) is 0 Å². The molecule has 0 saturated heterocycles. The van der Waals surface area contributed by atoms with Crippen molar-refractivity contribution >= 4 is 82.1 Å². The van der Waals surface area contributed by atoms with E-state index < -0.39 is 0 Å². The Bertz CT molecular complexity index is 1890. The Labute approximate surface area is 208 Å². The molecule has 0 aliphatic carbocycles. The first-order valence-corrected chi connectivity index (χ1v) is 12.3. The van der Waals surface area contributed by atoms with Crippen molar-refractivity contribution in [3.05, 3.63) is 108 Å². The van der Waals surface area contributed by atoms with Gasteiger partial charge in [0.1, 0.15) is 17.0 Å². The van der Waals surface area contributed by atoms with E-state index in [4.69, 9.17) is 16.0 Å². The molecule has 6 heteroatoms. The van der Waals surface area contributed by atoms with Crippen LogP contribution in [0.1, 0.15) is 0 Å². The van der Waals surface area contributed by atoms with Gasteiger partial charge < -0.3 is 9.32 Å². The molecule has 3 heterocycles. The summed E-state index contributed by atoms with van der Waals surface area (Å²) >= 11 is 8.06. The van der Waals surface area contributed by atoms with Crippen LogP contribution >= 0.6 is 22.9 Å². The van der Waals surface area contributed by atoms with Gasteiger partial charge in [-0.25, -0.2) is 4.39 Å². The second-order valence-corrected chi connectivity index (χ2v) is 9.83. The average Bonchev–Trinajstić information content (AvgIpc) is 3.44. The van der Waals surface area contributed by atoms with Gasteiger partial charge in [0.05, 0.1) is 16.9 Å². The van der Waals surface area contributed by atoms with Crippen LogP contribution in [0.2, 0.25) is 5.02 Å². The van der Waals surface area contributed by atoms with E-state index in [1.807, 2.05) is 66.9 Å². The summed E-state index contributed by atoms with van der Waals surface area (Å²) in [5.41, 5.74) is 4.19. The van der Waals surface area contributed by atoms with Crippen LogP contribution in [0, 0.1) is 5.82 Å². The summed E-state index contributed by atoms with van der Waals surface area (Å²) in [5.74, 6) is -0.209. The number of aromatic nitrogens is 1. The fourth-order valence-corrected chi connectivity index (χ4v) is 6.12. The van der Waals surface area contributed by atoms with E-state index >= 15 is 0 Å². The van der Waals surface area contributed by atoms with Gasteiger partial charge in [-0.2, -0.15) is 0 Å². The summed E-state index contributed by atoms with van der Waals surface area (Å²) in [7, 11) is 0. The normalized spacial score (nSPS) is 11.7. The summed E-state index contributed by atoms with van der Waals surface area (Å²) in [4.78, 5) is 6.44. The summed E-state index contributed by atoms with van der Waals surface area (Å²) in [6.45, 7) is 0. The largest absolute Gasteiger partial charge is 0.456 e. The van der Waals surface area contributed by atoms with Gasteiger partial charge in [0.15, 0.2) is 0 Å². The van der Waals surface area contributed by atoms with Gasteiger partial charge in [0.25, 0.3) is 0 Å². The number of halogens is 2. The highest BCUT2D eigenvalue weighted by Gasteiger charge is 2.18. The quantitative estimate of drug-likeness (QED) is 0.245. The first-order valence-electron chi connectivity index (χ1n) is 11.1. The Morgan fingerprint density at radius 3 is 2.49 bits per heavy atom. The molecule has 35 heavy (non-hydrogen) atoms. The Balaban J connectivity index is 1.47. The van der Waals surface area contributed by atoms with Crippen LogP contribution in [0.5, 0.6) is 0 Å². The lowest BCUT2D eigenvalue weighted by Gasteiger charge is -2.25. The lowest BCUT2D eigenvalue weighted by atomic mass is 10.1. The fraction of sp³-hybridized carbons (Fsp3) is 0. The molecule has 4 aromatic carbocycles. The predicted molar refractivity (Wildman–Crippen MR) is 144 cm³/mol. The molecule has 7 aromatic rings. The average molecular weight is 495 g/mol. The minimum atomic E-state index is -0.209. The van der Waals surface area contributed by atoms with E-state index in [-0.39, 0.29) is 5.82 Å². The molecular formula is C29H16ClFN2OS. The molecular weight excluding hydrogens is 479 g/mol. The molecule has 0 N–H and O–H groups in total. The topological polar surface area (TPSA) is 29.3 Å². The number of pyridine rings is 1. The van der Waals surface area contributed by atoms with E-state index in [1.54, 1.807) is 23.6 Å². The van der Waals surface area contributed by atoms with Gasteiger partial charge in [0.2, 0.25) is 0 Å². The number of anilines is 3. The molecule has 3 nitrogen and oxygen atoms in total. The van der Waals surface area contributed by atoms with E-state index in [9.17, 15) is 4.39 Å². The van der Waals surface area contributed by atoms with Gasteiger partial charge in [0, 0.05) is 54.6 Å². The maximum atomic E-state index is 14.8. The highest BCUT2D eigenvalue weighted by Crippen LogP contribution is 2.42. The second kappa shape index (κ2) is 7.80. The first kappa shape index (κ1) is 20.4. The number of nitrogens with zero attached hydrogens (tertiary/aromatic N) is 2. The Hall–Kier alpha value is -3.93. The standard InChI is InChI=1S/C29H16ClFN2OS/c30-22-5-1-7-24-28(22)20-11-9-18(15-25(20)34-24)33(19-4-3-13-32-16-19)17-10-12-26-21(14-17)29-23(31)6-2-8-27(29)35-26/h1-16H. The van der Waals surface area contributed by atoms with Crippen LogP contribution in [0.25, 0.3) is 42.1 Å². The smallest absolute Gasteiger partial charge is 0.137 e. The minimum absolute atomic E-state index is 0.209. The number of benzene rings is 4. The zero-order valence-electron chi connectivity index (χ0n) is 18.2. The first-order chi connectivity index (χ1) is 17.2. The number of hydrogen-bond donors (Lipinski definition) is 0. The van der Waals surface area contributed by atoms with Crippen molar-refractivity contribution in [3.63, 3.8) is 0 Å². The SMILES string of the molecule is Fc1cccc2sc3ccc(N(c4cccnc4)c4ccc5c(c4)oc4cccc(Cl)c45)cc3c12. The van der Waals surface area contributed by atoms with Crippen LogP contribution in [0.4, 0.5) is 21.5 Å². The van der Waals surface area contributed by atoms with Crippen LogP contribution in [-0.2, 0) is 0 Å². The zero-order chi connectivity index (χ0) is 23.5. The third kappa shape index (κ3) is 3.20. The van der Waals surface area contributed by atoms with Crippen molar-refractivity contribution in [1.82, 2.24) is 4.98 Å². The number of furan rings is 1. The molecule has 0 radical (unpaired) electrons. The van der Waals surface area contributed by atoms with E-state index in [0.717, 1.165) is 53.8 Å². The summed E-state index contributed by atoms with van der Waals surface area (Å²) in [5, 5.41) is 4.08. The van der Waals surface area contributed by atoms with Crippen molar-refractivity contribution in [2.45, 2.75) is 0 Å². The predicted octanol–water partition coefficient (Wildman–Crippen LogP) is 9.61. The summed E-state index contributed by atoms with van der Waals surface area (Å²) in [6.07, 6.45) is 3.56. The maximum Gasteiger partial charge on any atom is 0.137 e. The van der Waals surface area contributed by atoms with E-state index in [1.165, 1.54) is 6.07 Å². The van der Waals surface area contributed by atoms with Crippen molar-refractivity contribution < 1.29 is 8.81 Å². The molecule has 7 rings (SSSR count). The summed E-state index contributed by atoms with van der Waals surface area (Å²) in [6, 6.07) is 27.1. The highest BCUT2D eigenvalue weighted by molar-refractivity contribution is 7.25. The lowest BCUT2D eigenvalue weighted by Crippen LogP contribution is -2.09. The molecule has 168 valence electrons. The molecule has 0 atom stereocenters. The van der Waals surface area contributed by atoms with Crippen LogP contribution in [0.3, 0.4) is 0 Å². The van der Waals surface area contributed by atoms with E-state index in [2.05, 4.69) is 22.0 Å². The molecule has 0 bridgehead atoms. The molecule has 3 aromatic heterocycles. The molecule has 0 fully saturated rings. The van der Waals surface area contributed by atoms with Gasteiger partial charge in [-0.1, -0.05) is 23.7 Å². The Morgan fingerprint density at radius 2 is 1.60 bits per heavy atom. The Kier molecular flexibility index (Phi) is 4.56. The summed E-state index contributed by atoms with van der Waals surface area (Å²) < 4.78 is 22.9. The monoisotopic (exact) mass is 494 g/mol. The fourth-order valence-electron chi connectivity index (χ4n) is 4.75. The molecule has 0 unspecified atom stereocenters. The van der Waals surface area contributed by atoms with Gasteiger partial charge in [-0.05, 0) is 66.7 Å². The molecule has 0 spiro atoms. The second-order valence-electron chi connectivity index (χ2n) is 8.34. The van der Waals surface area contributed by atoms with Crippen molar-refractivity contribution in [2.75, 3.05) is 4.90 Å². The van der Waals surface area contributed by atoms with Gasteiger partial charge in [-0.3, -0.25) is 4.98 Å². The van der Waals surface area contributed by atoms with Gasteiger partial charge in [-0.15, -0.1) is 11.3 Å². The van der Waals surface area contributed by atoms with Gasteiger partial charge >= 0.3 is 0 Å². The molecule has 0 amide bonds. The van der Waals surface area contributed by atoms with Crippen LogP contribution in [0.15, 0.2) is 102 Å². The number of fused-ring (bicyclic) bond motifs is 6. The van der Waals surface area contributed by atoms with Crippen molar-refractivity contribution in [3.8, 4) is 0 Å². The third-order valence-electron chi connectivity index (χ3n) is 6.28.